The van der Waals surface area contributed by atoms with Gasteiger partial charge in [-0.15, -0.1) is 10.2 Å². The first-order valence-electron chi connectivity index (χ1n) is 8.10. The minimum absolute atomic E-state index is 0.0443. The van der Waals surface area contributed by atoms with Crippen LogP contribution in [-0.2, 0) is 26.8 Å². The normalized spacial score (nSPS) is 11.2. The summed E-state index contributed by atoms with van der Waals surface area (Å²) in [5, 5.41) is 9.91. The van der Waals surface area contributed by atoms with Crippen LogP contribution in [0, 0.1) is 5.82 Å². The van der Waals surface area contributed by atoms with Crippen molar-refractivity contribution in [3.63, 3.8) is 0 Å². The van der Waals surface area contributed by atoms with Crippen molar-refractivity contribution in [2.45, 2.75) is 16.5 Å². The SMILES string of the molecule is COc1ccc(CC(=O)Nc2nnc(S(=O)(=O)Cc3ccccc3F)s2)cc1. The standard InChI is InChI=1S/C18H16FN3O4S2/c1-26-14-8-6-12(7-9-14)10-16(23)20-17-21-22-18(27-17)28(24,25)11-13-4-2-3-5-15(13)19/h2-9H,10-11H2,1H3,(H,20,21,23). The first kappa shape index (κ1) is 19.9. The van der Waals surface area contributed by atoms with Crippen LogP contribution in [0.15, 0.2) is 52.9 Å². The fraction of sp³-hybridized carbons (Fsp3) is 0.167. The lowest BCUT2D eigenvalue weighted by Crippen LogP contribution is -2.14. The molecule has 0 radical (unpaired) electrons. The molecule has 0 saturated heterocycles. The van der Waals surface area contributed by atoms with Crippen molar-refractivity contribution in [1.82, 2.24) is 10.2 Å². The fourth-order valence-corrected chi connectivity index (χ4v) is 4.71. The molecule has 1 N–H and O–H groups in total. The number of nitrogens with one attached hydrogen (secondary N) is 1. The van der Waals surface area contributed by atoms with Crippen molar-refractivity contribution in [2.75, 3.05) is 12.4 Å². The van der Waals surface area contributed by atoms with Gasteiger partial charge in [-0.05, 0) is 23.8 Å². The number of methoxy groups -OCH3 is 1. The van der Waals surface area contributed by atoms with E-state index in [-0.39, 0.29) is 27.4 Å². The molecule has 0 bridgehead atoms. The molecule has 1 aromatic heterocycles. The molecule has 1 amide bonds. The van der Waals surface area contributed by atoms with E-state index < -0.39 is 21.4 Å². The number of anilines is 1. The summed E-state index contributed by atoms with van der Waals surface area (Å²) in [6, 6.07) is 12.6. The van der Waals surface area contributed by atoms with E-state index in [0.717, 1.165) is 16.9 Å². The molecule has 3 rings (SSSR count). The predicted octanol–water partition coefficient (Wildman–Crippen LogP) is 2.84. The molecule has 3 aromatic rings. The van der Waals surface area contributed by atoms with E-state index in [9.17, 15) is 17.6 Å². The van der Waals surface area contributed by atoms with Gasteiger partial charge in [0, 0.05) is 5.56 Å². The Bertz CT molecular complexity index is 1080. The molecule has 1 heterocycles. The highest BCUT2D eigenvalue weighted by molar-refractivity contribution is 7.92. The second-order valence-corrected chi connectivity index (χ2v) is 8.94. The number of nitrogens with zero attached hydrogens (tertiary/aromatic N) is 2. The summed E-state index contributed by atoms with van der Waals surface area (Å²) in [4.78, 5) is 12.1. The van der Waals surface area contributed by atoms with Gasteiger partial charge < -0.3 is 10.1 Å². The van der Waals surface area contributed by atoms with Gasteiger partial charge in [0.15, 0.2) is 0 Å². The fourth-order valence-electron chi connectivity index (χ4n) is 2.36. The lowest BCUT2D eigenvalue weighted by molar-refractivity contribution is -0.115. The molecule has 0 fully saturated rings. The summed E-state index contributed by atoms with van der Waals surface area (Å²) >= 11 is 0.725. The maximum atomic E-state index is 13.7. The quantitative estimate of drug-likeness (QED) is 0.589. The summed E-state index contributed by atoms with van der Waals surface area (Å²) < 4.78 is 43.3. The Morgan fingerprint density at radius 2 is 1.86 bits per heavy atom. The maximum absolute atomic E-state index is 13.7. The monoisotopic (exact) mass is 421 g/mol. The van der Waals surface area contributed by atoms with Gasteiger partial charge in [-0.25, -0.2) is 12.8 Å². The van der Waals surface area contributed by atoms with Gasteiger partial charge in [0.05, 0.1) is 19.3 Å². The van der Waals surface area contributed by atoms with Gasteiger partial charge in [0.25, 0.3) is 0 Å². The van der Waals surface area contributed by atoms with Gasteiger partial charge in [0.2, 0.25) is 25.2 Å². The first-order valence-corrected chi connectivity index (χ1v) is 10.6. The Hall–Kier alpha value is -2.85. The van der Waals surface area contributed by atoms with E-state index in [0.29, 0.717) is 5.75 Å². The van der Waals surface area contributed by atoms with Crippen LogP contribution >= 0.6 is 11.3 Å². The van der Waals surface area contributed by atoms with Gasteiger partial charge in [-0.1, -0.05) is 41.7 Å². The molecule has 2 aromatic carbocycles. The van der Waals surface area contributed by atoms with Crippen molar-refractivity contribution in [1.29, 1.82) is 0 Å². The van der Waals surface area contributed by atoms with Crippen LogP contribution < -0.4 is 10.1 Å². The number of carbonyl (C=O) groups excluding carboxylic acids is 1. The summed E-state index contributed by atoms with van der Waals surface area (Å²) in [7, 11) is -2.33. The summed E-state index contributed by atoms with van der Waals surface area (Å²) in [5.74, 6) is -0.824. The van der Waals surface area contributed by atoms with Gasteiger partial charge in [0.1, 0.15) is 11.6 Å². The molecule has 28 heavy (non-hydrogen) atoms. The van der Waals surface area contributed by atoms with E-state index in [1.165, 1.54) is 18.2 Å². The molecule has 10 heteroatoms. The van der Waals surface area contributed by atoms with Gasteiger partial charge >= 0.3 is 0 Å². The van der Waals surface area contributed by atoms with Crippen molar-refractivity contribution in [3.8, 4) is 5.75 Å². The van der Waals surface area contributed by atoms with Crippen molar-refractivity contribution in [3.05, 3.63) is 65.5 Å². The summed E-state index contributed by atoms with van der Waals surface area (Å²) in [5.41, 5.74) is 0.804. The number of rotatable bonds is 7. The first-order chi connectivity index (χ1) is 13.4. The molecule has 0 unspecified atom stereocenters. The lowest BCUT2D eigenvalue weighted by atomic mass is 10.1. The molecule has 0 aliphatic rings. The number of hydrogen-bond donors (Lipinski definition) is 1. The van der Waals surface area contributed by atoms with Crippen LogP contribution in [0.25, 0.3) is 0 Å². The van der Waals surface area contributed by atoms with E-state index in [4.69, 9.17) is 4.74 Å². The zero-order valence-electron chi connectivity index (χ0n) is 14.8. The number of sulfone groups is 1. The molecule has 0 saturated carbocycles. The zero-order valence-corrected chi connectivity index (χ0v) is 16.4. The third-order valence-electron chi connectivity index (χ3n) is 3.75. The second kappa shape index (κ2) is 8.44. The van der Waals surface area contributed by atoms with Crippen LogP contribution in [0.4, 0.5) is 9.52 Å². The van der Waals surface area contributed by atoms with Crippen molar-refractivity contribution >= 4 is 32.2 Å². The Morgan fingerprint density at radius 3 is 2.54 bits per heavy atom. The number of carbonyl (C=O) groups is 1. The van der Waals surface area contributed by atoms with E-state index in [2.05, 4.69) is 15.5 Å². The predicted molar refractivity (Wildman–Crippen MR) is 103 cm³/mol. The summed E-state index contributed by atoms with van der Waals surface area (Å²) in [6.07, 6.45) is 0.0842. The van der Waals surface area contributed by atoms with Gasteiger partial charge in [-0.2, -0.15) is 0 Å². The van der Waals surface area contributed by atoms with Crippen LogP contribution in [0.5, 0.6) is 5.75 Å². The topological polar surface area (TPSA) is 98.2 Å². The molecule has 7 nitrogen and oxygen atoms in total. The molecule has 0 aliphatic carbocycles. The number of halogens is 1. The minimum Gasteiger partial charge on any atom is -0.497 e. The minimum atomic E-state index is -3.88. The van der Waals surface area contributed by atoms with Crippen molar-refractivity contribution < 1.29 is 22.3 Å². The average Bonchev–Trinajstić information content (AvgIpc) is 3.13. The molecule has 0 atom stereocenters. The number of hydrogen-bond acceptors (Lipinski definition) is 7. The molecule has 0 aliphatic heterocycles. The average molecular weight is 421 g/mol. The van der Waals surface area contributed by atoms with Gasteiger partial charge in [-0.3, -0.25) is 4.79 Å². The number of aromatic nitrogens is 2. The largest absolute Gasteiger partial charge is 0.497 e. The Kier molecular flexibility index (Phi) is 6.00. The third-order valence-corrected chi connectivity index (χ3v) is 6.70. The Morgan fingerprint density at radius 1 is 1.14 bits per heavy atom. The molecular weight excluding hydrogens is 405 g/mol. The van der Waals surface area contributed by atoms with Crippen molar-refractivity contribution in [2.24, 2.45) is 0 Å². The second-order valence-electron chi connectivity index (χ2n) is 5.80. The lowest BCUT2D eigenvalue weighted by Gasteiger charge is -2.03. The number of amides is 1. The highest BCUT2D eigenvalue weighted by Crippen LogP contribution is 2.24. The van der Waals surface area contributed by atoms with Crippen LogP contribution in [-0.4, -0.2) is 31.6 Å². The number of ether oxygens (including phenoxy) is 1. The smallest absolute Gasteiger partial charge is 0.234 e. The van der Waals surface area contributed by atoms with E-state index in [1.54, 1.807) is 37.4 Å². The molecule has 0 spiro atoms. The zero-order chi connectivity index (χ0) is 20.1. The van der Waals surface area contributed by atoms with E-state index in [1.807, 2.05) is 0 Å². The Balaban J connectivity index is 1.65. The number of benzene rings is 2. The van der Waals surface area contributed by atoms with Crippen LogP contribution in [0.2, 0.25) is 0 Å². The molecular formula is C18H16FN3O4S2. The van der Waals surface area contributed by atoms with Crippen LogP contribution in [0.1, 0.15) is 11.1 Å². The van der Waals surface area contributed by atoms with Crippen LogP contribution in [0.3, 0.4) is 0 Å². The summed E-state index contributed by atoms with van der Waals surface area (Å²) in [6.45, 7) is 0. The molecule has 146 valence electrons. The Labute approximate surface area is 165 Å². The third kappa shape index (κ3) is 4.90. The van der Waals surface area contributed by atoms with E-state index >= 15 is 0 Å². The highest BCUT2D eigenvalue weighted by Gasteiger charge is 2.23. The maximum Gasteiger partial charge on any atom is 0.234 e. The highest BCUT2D eigenvalue weighted by atomic mass is 32.2.